The van der Waals surface area contributed by atoms with Crippen LogP contribution in [-0.4, -0.2) is 13.1 Å². The van der Waals surface area contributed by atoms with Gasteiger partial charge in [0, 0.05) is 4.47 Å². The smallest absolute Gasteiger partial charge is 0.0180 e. The molecule has 0 saturated carbocycles. The largest absolute Gasteiger partial charge is 0.316 e. The Morgan fingerprint density at radius 3 is 3.06 bits per heavy atom. The van der Waals surface area contributed by atoms with Crippen molar-refractivity contribution in [3.8, 4) is 0 Å². The lowest BCUT2D eigenvalue weighted by Crippen LogP contribution is -2.11. The lowest BCUT2D eigenvalue weighted by atomic mass is 9.93. The van der Waals surface area contributed by atoms with E-state index in [0.717, 1.165) is 5.92 Å². The standard InChI is InChI=1S/C14H18BrN/c15-13-7-11-2-1-3-14(11)12(8-13)6-10-4-5-16-9-10/h7-8,10,16H,1-6,9H2. The number of benzene rings is 1. The van der Waals surface area contributed by atoms with Gasteiger partial charge in [0.2, 0.25) is 0 Å². The van der Waals surface area contributed by atoms with Gasteiger partial charge in [0.25, 0.3) is 0 Å². The summed E-state index contributed by atoms with van der Waals surface area (Å²) in [5.74, 6) is 0.860. The van der Waals surface area contributed by atoms with E-state index in [1.807, 2.05) is 0 Å². The third kappa shape index (κ3) is 2.05. The van der Waals surface area contributed by atoms with Crippen LogP contribution >= 0.6 is 15.9 Å². The molecule has 1 aliphatic heterocycles. The quantitative estimate of drug-likeness (QED) is 0.877. The summed E-state index contributed by atoms with van der Waals surface area (Å²) in [4.78, 5) is 0. The minimum absolute atomic E-state index is 0.860. The van der Waals surface area contributed by atoms with Crippen LogP contribution in [0.4, 0.5) is 0 Å². The zero-order valence-electron chi connectivity index (χ0n) is 9.56. The highest BCUT2D eigenvalue weighted by atomic mass is 79.9. The van der Waals surface area contributed by atoms with E-state index >= 15 is 0 Å². The van der Waals surface area contributed by atoms with Crippen LogP contribution in [0.1, 0.15) is 29.5 Å². The molecule has 2 aliphatic rings. The van der Waals surface area contributed by atoms with Gasteiger partial charge in [0.15, 0.2) is 0 Å². The molecule has 1 unspecified atom stereocenters. The monoisotopic (exact) mass is 279 g/mol. The van der Waals surface area contributed by atoms with Gasteiger partial charge in [0.1, 0.15) is 0 Å². The molecule has 1 saturated heterocycles. The van der Waals surface area contributed by atoms with Gasteiger partial charge in [-0.15, -0.1) is 0 Å². The van der Waals surface area contributed by atoms with Crippen LogP contribution in [0.5, 0.6) is 0 Å². The van der Waals surface area contributed by atoms with E-state index in [2.05, 4.69) is 33.4 Å². The Balaban J connectivity index is 1.87. The zero-order valence-corrected chi connectivity index (χ0v) is 11.1. The maximum Gasteiger partial charge on any atom is 0.0180 e. The predicted octanol–water partition coefficient (Wildman–Crippen LogP) is 3.09. The van der Waals surface area contributed by atoms with E-state index in [1.165, 1.54) is 49.7 Å². The second kappa shape index (κ2) is 4.50. The summed E-state index contributed by atoms with van der Waals surface area (Å²) in [6, 6.07) is 4.67. The summed E-state index contributed by atoms with van der Waals surface area (Å²) in [6.07, 6.45) is 6.56. The average molecular weight is 280 g/mol. The number of rotatable bonds is 2. The number of aryl methyl sites for hydroxylation is 1. The molecule has 0 amide bonds. The zero-order chi connectivity index (χ0) is 11.0. The molecule has 1 fully saturated rings. The van der Waals surface area contributed by atoms with Crippen molar-refractivity contribution in [3.05, 3.63) is 33.3 Å². The van der Waals surface area contributed by atoms with E-state index in [0.29, 0.717) is 0 Å². The maximum atomic E-state index is 3.65. The molecular weight excluding hydrogens is 262 g/mol. The second-order valence-corrected chi connectivity index (χ2v) is 6.03. The molecular formula is C14H18BrN. The van der Waals surface area contributed by atoms with Crippen molar-refractivity contribution < 1.29 is 0 Å². The van der Waals surface area contributed by atoms with Gasteiger partial charge in [-0.05, 0) is 79.9 Å². The average Bonchev–Trinajstić information content (AvgIpc) is 2.87. The maximum absolute atomic E-state index is 3.65. The van der Waals surface area contributed by atoms with Gasteiger partial charge in [0.05, 0.1) is 0 Å². The first-order chi connectivity index (χ1) is 7.83. The van der Waals surface area contributed by atoms with E-state index in [1.54, 1.807) is 16.7 Å². The van der Waals surface area contributed by atoms with Crippen molar-refractivity contribution in [2.45, 2.75) is 32.1 Å². The molecule has 16 heavy (non-hydrogen) atoms. The van der Waals surface area contributed by atoms with E-state index in [-0.39, 0.29) is 0 Å². The van der Waals surface area contributed by atoms with Gasteiger partial charge in [-0.2, -0.15) is 0 Å². The lowest BCUT2D eigenvalue weighted by molar-refractivity contribution is 0.577. The second-order valence-electron chi connectivity index (χ2n) is 5.12. The van der Waals surface area contributed by atoms with Crippen LogP contribution < -0.4 is 5.32 Å². The Morgan fingerprint density at radius 2 is 2.25 bits per heavy atom. The highest BCUT2D eigenvalue weighted by Crippen LogP contribution is 2.31. The Hall–Kier alpha value is -0.340. The van der Waals surface area contributed by atoms with Crippen molar-refractivity contribution in [2.24, 2.45) is 5.92 Å². The Bertz CT molecular complexity index is 394. The normalized spacial score (nSPS) is 23.7. The topological polar surface area (TPSA) is 12.0 Å². The predicted molar refractivity (Wildman–Crippen MR) is 70.8 cm³/mol. The van der Waals surface area contributed by atoms with E-state index in [4.69, 9.17) is 0 Å². The molecule has 1 heterocycles. The van der Waals surface area contributed by atoms with Crippen LogP contribution in [0.3, 0.4) is 0 Å². The number of halogens is 1. The first kappa shape index (κ1) is 10.8. The highest BCUT2D eigenvalue weighted by molar-refractivity contribution is 9.10. The third-order valence-corrected chi connectivity index (χ3v) is 4.40. The SMILES string of the molecule is Brc1cc2c(c(CC3CCNC3)c1)CCC2. The van der Waals surface area contributed by atoms with Gasteiger partial charge in [-0.3, -0.25) is 0 Å². The minimum atomic E-state index is 0.860. The number of fused-ring (bicyclic) bond motifs is 1. The first-order valence-electron chi connectivity index (χ1n) is 6.34. The van der Waals surface area contributed by atoms with Crippen molar-refractivity contribution in [1.82, 2.24) is 5.32 Å². The molecule has 2 heteroatoms. The lowest BCUT2D eigenvalue weighted by Gasteiger charge is -2.13. The molecule has 0 aromatic heterocycles. The summed E-state index contributed by atoms with van der Waals surface area (Å²) >= 11 is 3.65. The molecule has 0 radical (unpaired) electrons. The summed E-state index contributed by atoms with van der Waals surface area (Å²) in [5.41, 5.74) is 4.86. The minimum Gasteiger partial charge on any atom is -0.316 e. The van der Waals surface area contributed by atoms with Crippen molar-refractivity contribution in [2.75, 3.05) is 13.1 Å². The molecule has 1 atom stereocenters. The summed E-state index contributed by atoms with van der Waals surface area (Å²) in [5, 5.41) is 3.46. The fourth-order valence-corrected chi connectivity index (χ4v) is 3.69. The molecule has 86 valence electrons. The van der Waals surface area contributed by atoms with Crippen molar-refractivity contribution >= 4 is 15.9 Å². The fraction of sp³-hybridized carbons (Fsp3) is 0.571. The van der Waals surface area contributed by atoms with Crippen molar-refractivity contribution in [3.63, 3.8) is 0 Å². The van der Waals surface area contributed by atoms with E-state index in [9.17, 15) is 0 Å². The molecule has 1 N–H and O–H groups in total. The van der Waals surface area contributed by atoms with Gasteiger partial charge in [-0.1, -0.05) is 15.9 Å². The Morgan fingerprint density at radius 1 is 1.31 bits per heavy atom. The summed E-state index contributed by atoms with van der Waals surface area (Å²) < 4.78 is 1.27. The molecule has 3 rings (SSSR count). The van der Waals surface area contributed by atoms with Crippen molar-refractivity contribution in [1.29, 1.82) is 0 Å². The van der Waals surface area contributed by atoms with Gasteiger partial charge in [-0.25, -0.2) is 0 Å². The van der Waals surface area contributed by atoms with Gasteiger partial charge < -0.3 is 5.32 Å². The molecule has 1 aliphatic carbocycles. The Labute approximate surface area is 106 Å². The molecule has 1 aromatic carbocycles. The molecule has 0 bridgehead atoms. The molecule has 1 nitrogen and oxygen atoms in total. The van der Waals surface area contributed by atoms with E-state index < -0.39 is 0 Å². The summed E-state index contributed by atoms with van der Waals surface area (Å²) in [6.45, 7) is 2.42. The van der Waals surface area contributed by atoms with Gasteiger partial charge >= 0.3 is 0 Å². The van der Waals surface area contributed by atoms with Crippen LogP contribution in [-0.2, 0) is 19.3 Å². The highest BCUT2D eigenvalue weighted by Gasteiger charge is 2.20. The van der Waals surface area contributed by atoms with Crippen LogP contribution in [0.25, 0.3) is 0 Å². The summed E-state index contributed by atoms with van der Waals surface area (Å²) in [7, 11) is 0. The number of nitrogens with one attached hydrogen (secondary N) is 1. The number of hydrogen-bond acceptors (Lipinski definition) is 1. The van der Waals surface area contributed by atoms with Crippen LogP contribution in [0.15, 0.2) is 16.6 Å². The third-order valence-electron chi connectivity index (χ3n) is 3.94. The molecule has 0 spiro atoms. The first-order valence-corrected chi connectivity index (χ1v) is 7.13. The van der Waals surface area contributed by atoms with Crippen LogP contribution in [0, 0.1) is 5.92 Å². The Kier molecular flexibility index (Phi) is 3.03. The van der Waals surface area contributed by atoms with Crippen LogP contribution in [0.2, 0.25) is 0 Å². The molecule has 1 aromatic rings. The fourth-order valence-electron chi connectivity index (χ4n) is 3.14. The number of hydrogen-bond donors (Lipinski definition) is 1.